The van der Waals surface area contributed by atoms with Gasteiger partial charge in [-0.2, -0.15) is 13.2 Å². The van der Waals surface area contributed by atoms with Crippen LogP contribution in [0.1, 0.15) is 37.4 Å². The minimum Gasteiger partial charge on any atom is -0.302 e. The highest BCUT2D eigenvalue weighted by Crippen LogP contribution is 2.29. The second-order valence-electron chi connectivity index (χ2n) is 7.75. The molecule has 2 aromatic rings. The van der Waals surface area contributed by atoms with Crippen LogP contribution in [0.4, 0.5) is 19.0 Å². The van der Waals surface area contributed by atoms with Gasteiger partial charge in [0, 0.05) is 19.5 Å². The highest BCUT2D eigenvalue weighted by Gasteiger charge is 2.33. The number of amides is 1. The molecule has 0 N–H and O–H groups in total. The van der Waals surface area contributed by atoms with E-state index in [9.17, 15) is 18.0 Å². The first-order chi connectivity index (χ1) is 14.4. The molecule has 4 nitrogen and oxygen atoms in total. The van der Waals surface area contributed by atoms with Gasteiger partial charge in [0.05, 0.1) is 0 Å². The van der Waals surface area contributed by atoms with Crippen molar-refractivity contribution < 1.29 is 18.0 Å². The summed E-state index contributed by atoms with van der Waals surface area (Å²) < 4.78 is 39.0. The second-order valence-corrected chi connectivity index (χ2v) is 7.75. The zero-order valence-corrected chi connectivity index (χ0v) is 17.2. The molecule has 0 saturated carbocycles. The molecular formula is C23H28F3N3O. The van der Waals surface area contributed by atoms with E-state index in [0.29, 0.717) is 19.0 Å². The van der Waals surface area contributed by atoms with Crippen molar-refractivity contribution in [1.29, 1.82) is 0 Å². The quantitative estimate of drug-likeness (QED) is 0.647. The molecule has 0 atom stereocenters. The van der Waals surface area contributed by atoms with E-state index in [-0.39, 0.29) is 18.1 Å². The van der Waals surface area contributed by atoms with Gasteiger partial charge in [0.25, 0.3) is 0 Å². The molecule has 0 spiro atoms. The van der Waals surface area contributed by atoms with Crippen LogP contribution in [0, 0.1) is 5.92 Å². The normalized spacial score (nSPS) is 15.9. The van der Waals surface area contributed by atoms with Gasteiger partial charge < -0.3 is 4.90 Å². The summed E-state index contributed by atoms with van der Waals surface area (Å²) in [6.45, 7) is 4.54. The van der Waals surface area contributed by atoms with Crippen molar-refractivity contribution in [3.05, 3.63) is 59.8 Å². The molecule has 1 aliphatic heterocycles. The molecule has 1 saturated heterocycles. The van der Waals surface area contributed by atoms with Crippen LogP contribution in [0.25, 0.3) is 0 Å². The number of pyridine rings is 1. The Morgan fingerprint density at radius 2 is 1.80 bits per heavy atom. The Balaban J connectivity index is 1.56. The van der Waals surface area contributed by atoms with Crippen LogP contribution in [0.5, 0.6) is 0 Å². The van der Waals surface area contributed by atoms with Crippen LogP contribution in [0.2, 0.25) is 0 Å². The summed E-state index contributed by atoms with van der Waals surface area (Å²) in [6.07, 6.45) is -1.07. The molecule has 2 heterocycles. The molecule has 0 unspecified atom stereocenters. The monoisotopic (exact) mass is 419 g/mol. The van der Waals surface area contributed by atoms with E-state index >= 15 is 0 Å². The summed E-state index contributed by atoms with van der Waals surface area (Å²) in [5.41, 5.74) is 0.377. The fourth-order valence-electron chi connectivity index (χ4n) is 3.89. The highest BCUT2D eigenvalue weighted by atomic mass is 19.4. The number of piperidine rings is 1. The third kappa shape index (κ3) is 6.05. The molecule has 30 heavy (non-hydrogen) atoms. The maximum Gasteiger partial charge on any atom is 0.433 e. The largest absolute Gasteiger partial charge is 0.433 e. The van der Waals surface area contributed by atoms with E-state index in [2.05, 4.69) is 34.1 Å². The van der Waals surface area contributed by atoms with E-state index in [4.69, 9.17) is 0 Å². The van der Waals surface area contributed by atoms with Gasteiger partial charge in [-0.1, -0.05) is 43.3 Å². The van der Waals surface area contributed by atoms with Crippen LogP contribution >= 0.6 is 0 Å². The fourth-order valence-corrected chi connectivity index (χ4v) is 3.89. The highest BCUT2D eigenvalue weighted by molar-refractivity contribution is 5.92. The van der Waals surface area contributed by atoms with Crippen LogP contribution < -0.4 is 4.90 Å². The maximum atomic E-state index is 13.0. The van der Waals surface area contributed by atoms with Crippen LogP contribution in [-0.2, 0) is 17.4 Å². The standard InChI is InChI=1S/C23H28F3N3O/c1-2-22(30)29(21-10-6-9-20(27-21)23(24,25)26)16-15-28-13-11-19(12-14-28)17-18-7-4-3-5-8-18/h3-10,19H,2,11-17H2,1H3. The Morgan fingerprint density at radius 3 is 2.43 bits per heavy atom. The first kappa shape index (κ1) is 22.3. The molecule has 0 aliphatic carbocycles. The lowest BCUT2D eigenvalue weighted by atomic mass is 9.90. The fraction of sp³-hybridized carbons (Fsp3) is 0.478. The number of rotatable bonds is 7. The maximum absolute atomic E-state index is 13.0. The lowest BCUT2D eigenvalue weighted by molar-refractivity contribution is -0.141. The Labute approximate surface area is 175 Å². The van der Waals surface area contributed by atoms with Gasteiger partial charge in [-0.05, 0) is 56.0 Å². The number of hydrogen-bond donors (Lipinski definition) is 0. The molecule has 0 radical (unpaired) electrons. The number of likely N-dealkylation sites (tertiary alicyclic amines) is 1. The van der Waals surface area contributed by atoms with Gasteiger partial charge >= 0.3 is 6.18 Å². The van der Waals surface area contributed by atoms with Gasteiger partial charge in [-0.15, -0.1) is 0 Å². The van der Waals surface area contributed by atoms with Gasteiger partial charge in [0.1, 0.15) is 11.5 Å². The Kier molecular flexibility index (Phi) is 7.48. The molecule has 0 bridgehead atoms. The predicted molar refractivity (Wildman–Crippen MR) is 111 cm³/mol. The third-order valence-corrected chi connectivity index (χ3v) is 5.62. The van der Waals surface area contributed by atoms with Crippen molar-refractivity contribution in [2.45, 2.75) is 38.8 Å². The summed E-state index contributed by atoms with van der Waals surface area (Å²) in [7, 11) is 0. The number of hydrogen-bond acceptors (Lipinski definition) is 3. The van der Waals surface area contributed by atoms with Crippen LogP contribution in [-0.4, -0.2) is 42.0 Å². The Hall–Kier alpha value is -2.41. The molecule has 1 amide bonds. The number of alkyl halides is 3. The number of benzene rings is 1. The lowest BCUT2D eigenvalue weighted by Crippen LogP contribution is -2.42. The predicted octanol–water partition coefficient (Wildman–Crippen LogP) is 4.80. The van der Waals surface area contributed by atoms with E-state index in [1.165, 1.54) is 22.6 Å². The molecule has 1 aromatic heterocycles. The van der Waals surface area contributed by atoms with Crippen molar-refractivity contribution in [3.63, 3.8) is 0 Å². The van der Waals surface area contributed by atoms with E-state index in [1.54, 1.807) is 6.92 Å². The molecular weight excluding hydrogens is 391 g/mol. The molecule has 1 fully saturated rings. The molecule has 1 aliphatic rings. The summed E-state index contributed by atoms with van der Waals surface area (Å²) in [5, 5.41) is 0. The van der Waals surface area contributed by atoms with Crippen molar-refractivity contribution in [2.75, 3.05) is 31.1 Å². The molecule has 7 heteroatoms. The van der Waals surface area contributed by atoms with Gasteiger partial charge in [0.15, 0.2) is 0 Å². The minimum absolute atomic E-state index is 0.0654. The van der Waals surface area contributed by atoms with Gasteiger partial charge in [0.2, 0.25) is 5.91 Å². The summed E-state index contributed by atoms with van der Waals surface area (Å²) in [6, 6.07) is 14.2. The first-order valence-corrected chi connectivity index (χ1v) is 10.5. The van der Waals surface area contributed by atoms with Crippen molar-refractivity contribution in [3.8, 4) is 0 Å². The van der Waals surface area contributed by atoms with E-state index in [1.807, 2.05) is 6.07 Å². The lowest BCUT2D eigenvalue weighted by Gasteiger charge is -2.33. The number of carbonyl (C=O) groups is 1. The third-order valence-electron chi connectivity index (χ3n) is 5.62. The first-order valence-electron chi connectivity index (χ1n) is 10.5. The second kappa shape index (κ2) is 10.1. The van der Waals surface area contributed by atoms with Crippen molar-refractivity contribution in [1.82, 2.24) is 9.88 Å². The number of aromatic nitrogens is 1. The average Bonchev–Trinajstić information content (AvgIpc) is 2.75. The number of anilines is 1. The zero-order chi connectivity index (χ0) is 21.6. The van der Waals surface area contributed by atoms with Crippen molar-refractivity contribution in [2.24, 2.45) is 5.92 Å². The summed E-state index contributed by atoms with van der Waals surface area (Å²) >= 11 is 0. The number of carbonyl (C=O) groups excluding carboxylic acids is 1. The van der Waals surface area contributed by atoms with E-state index in [0.717, 1.165) is 38.4 Å². The number of nitrogens with zero attached hydrogens (tertiary/aromatic N) is 3. The van der Waals surface area contributed by atoms with Gasteiger partial charge in [-0.25, -0.2) is 4.98 Å². The van der Waals surface area contributed by atoms with Gasteiger partial charge in [-0.3, -0.25) is 9.69 Å². The smallest absolute Gasteiger partial charge is 0.302 e. The average molecular weight is 419 g/mol. The number of halogens is 3. The van der Waals surface area contributed by atoms with Crippen LogP contribution in [0.15, 0.2) is 48.5 Å². The van der Waals surface area contributed by atoms with Crippen molar-refractivity contribution >= 4 is 11.7 Å². The Bertz CT molecular complexity index is 818. The topological polar surface area (TPSA) is 36.4 Å². The Morgan fingerprint density at radius 1 is 1.10 bits per heavy atom. The zero-order valence-electron chi connectivity index (χ0n) is 17.2. The minimum atomic E-state index is -4.53. The molecule has 3 rings (SSSR count). The van der Waals surface area contributed by atoms with E-state index < -0.39 is 11.9 Å². The SMILES string of the molecule is CCC(=O)N(CCN1CCC(Cc2ccccc2)CC1)c1cccc(C(F)(F)F)n1. The van der Waals surface area contributed by atoms with Crippen LogP contribution in [0.3, 0.4) is 0 Å². The molecule has 162 valence electrons. The molecule has 1 aromatic carbocycles. The summed E-state index contributed by atoms with van der Waals surface area (Å²) in [5.74, 6) is 0.485. The summed E-state index contributed by atoms with van der Waals surface area (Å²) in [4.78, 5) is 19.7.